The number of nitrogens with zero attached hydrogens (tertiary/aromatic N) is 4. The molecule has 1 aromatic heterocycles. The number of rotatable bonds is 3. The highest BCUT2D eigenvalue weighted by Gasteiger charge is 2.23. The zero-order chi connectivity index (χ0) is 12.2. The number of hydrogen-bond donors (Lipinski definition) is 0. The molecule has 98 valence electrons. The lowest BCUT2D eigenvalue weighted by Gasteiger charge is -2.35. The quantitative estimate of drug-likeness (QED) is 0.790. The lowest BCUT2D eigenvalue weighted by atomic mass is 10.2. The van der Waals surface area contributed by atoms with E-state index in [9.17, 15) is 0 Å². The Morgan fingerprint density at radius 2 is 1.94 bits per heavy atom. The van der Waals surface area contributed by atoms with Crippen LogP contribution in [-0.2, 0) is 4.74 Å². The summed E-state index contributed by atoms with van der Waals surface area (Å²) in [5.74, 6) is 0.856. The molecule has 1 atom stereocenters. The molecule has 5 nitrogen and oxygen atoms in total. The average Bonchev–Trinajstić information content (AvgIpc) is 2.94. The summed E-state index contributed by atoms with van der Waals surface area (Å²) in [6.45, 7) is 6.22. The summed E-state index contributed by atoms with van der Waals surface area (Å²) in [4.78, 5) is 13.4. The summed E-state index contributed by atoms with van der Waals surface area (Å²) in [7, 11) is 0. The molecule has 0 aromatic carbocycles. The van der Waals surface area contributed by atoms with Crippen LogP contribution in [0.5, 0.6) is 0 Å². The molecule has 5 heteroatoms. The highest BCUT2D eigenvalue weighted by molar-refractivity contribution is 5.29. The van der Waals surface area contributed by atoms with E-state index in [1.54, 1.807) is 12.4 Å². The minimum atomic E-state index is 0.463. The maximum Gasteiger partial charge on any atom is 0.225 e. The summed E-state index contributed by atoms with van der Waals surface area (Å²) >= 11 is 0. The first-order valence-electron chi connectivity index (χ1n) is 6.78. The van der Waals surface area contributed by atoms with Gasteiger partial charge < -0.3 is 9.64 Å². The van der Waals surface area contributed by atoms with Gasteiger partial charge in [0.25, 0.3) is 0 Å². The molecule has 0 N–H and O–H groups in total. The Hall–Kier alpha value is -1.20. The fourth-order valence-corrected chi connectivity index (χ4v) is 2.66. The Bertz CT molecular complexity index is 359. The van der Waals surface area contributed by atoms with Crippen molar-refractivity contribution in [3.8, 4) is 0 Å². The molecule has 0 radical (unpaired) electrons. The molecule has 3 heterocycles. The van der Waals surface area contributed by atoms with Gasteiger partial charge in [0, 0.05) is 51.7 Å². The first-order chi connectivity index (χ1) is 8.92. The third kappa shape index (κ3) is 2.79. The summed E-state index contributed by atoms with van der Waals surface area (Å²) in [6.07, 6.45) is 6.52. The molecule has 2 aliphatic rings. The van der Waals surface area contributed by atoms with Crippen LogP contribution in [0.2, 0.25) is 0 Å². The number of aromatic nitrogens is 2. The van der Waals surface area contributed by atoms with Gasteiger partial charge in [0.2, 0.25) is 5.95 Å². The van der Waals surface area contributed by atoms with Crippen LogP contribution in [0, 0.1) is 0 Å². The third-order valence-corrected chi connectivity index (χ3v) is 3.69. The minimum absolute atomic E-state index is 0.463. The molecule has 2 aliphatic heterocycles. The van der Waals surface area contributed by atoms with Crippen LogP contribution < -0.4 is 4.90 Å². The van der Waals surface area contributed by atoms with Gasteiger partial charge in [0.05, 0.1) is 6.10 Å². The molecule has 0 aliphatic carbocycles. The van der Waals surface area contributed by atoms with Crippen LogP contribution in [0.25, 0.3) is 0 Å². The first-order valence-corrected chi connectivity index (χ1v) is 6.78. The summed E-state index contributed by atoms with van der Waals surface area (Å²) in [5, 5.41) is 0. The molecule has 18 heavy (non-hydrogen) atoms. The van der Waals surface area contributed by atoms with E-state index in [0.717, 1.165) is 45.3 Å². The SMILES string of the molecule is c1cnc(N2CCN(C[C@@H]3CCCO3)CC2)nc1. The molecule has 0 unspecified atom stereocenters. The van der Waals surface area contributed by atoms with Crippen molar-refractivity contribution in [3.63, 3.8) is 0 Å². The van der Waals surface area contributed by atoms with Crippen LogP contribution in [0.15, 0.2) is 18.5 Å². The van der Waals surface area contributed by atoms with Gasteiger partial charge in [0.15, 0.2) is 0 Å². The topological polar surface area (TPSA) is 41.5 Å². The van der Waals surface area contributed by atoms with Crippen molar-refractivity contribution >= 4 is 5.95 Å². The van der Waals surface area contributed by atoms with Crippen molar-refractivity contribution < 1.29 is 4.74 Å². The van der Waals surface area contributed by atoms with Crippen molar-refractivity contribution in [2.45, 2.75) is 18.9 Å². The Morgan fingerprint density at radius 3 is 2.61 bits per heavy atom. The highest BCUT2D eigenvalue weighted by atomic mass is 16.5. The van der Waals surface area contributed by atoms with Crippen LogP contribution in [0.1, 0.15) is 12.8 Å². The van der Waals surface area contributed by atoms with E-state index in [0.29, 0.717) is 6.10 Å². The zero-order valence-electron chi connectivity index (χ0n) is 10.7. The van der Waals surface area contributed by atoms with E-state index in [1.165, 1.54) is 12.8 Å². The van der Waals surface area contributed by atoms with Crippen molar-refractivity contribution in [3.05, 3.63) is 18.5 Å². The zero-order valence-corrected chi connectivity index (χ0v) is 10.7. The fourth-order valence-electron chi connectivity index (χ4n) is 2.66. The van der Waals surface area contributed by atoms with Crippen LogP contribution >= 0.6 is 0 Å². The van der Waals surface area contributed by atoms with Crippen molar-refractivity contribution in [2.75, 3.05) is 44.2 Å². The van der Waals surface area contributed by atoms with Gasteiger partial charge in [-0.1, -0.05) is 0 Å². The molecule has 1 aromatic rings. The van der Waals surface area contributed by atoms with Gasteiger partial charge in [0.1, 0.15) is 0 Å². The molecule has 2 saturated heterocycles. The second kappa shape index (κ2) is 5.63. The van der Waals surface area contributed by atoms with Crippen LogP contribution in [-0.4, -0.2) is 60.3 Å². The average molecular weight is 248 g/mol. The first kappa shape index (κ1) is 11.9. The maximum atomic E-state index is 5.69. The highest BCUT2D eigenvalue weighted by Crippen LogP contribution is 2.15. The van der Waals surface area contributed by atoms with E-state index in [1.807, 2.05) is 6.07 Å². The van der Waals surface area contributed by atoms with Gasteiger partial charge in [-0.25, -0.2) is 9.97 Å². The molecule has 0 saturated carbocycles. The van der Waals surface area contributed by atoms with Gasteiger partial charge in [-0.05, 0) is 18.9 Å². The molecular formula is C13H20N4O. The maximum absolute atomic E-state index is 5.69. The molecule has 2 fully saturated rings. The van der Waals surface area contributed by atoms with E-state index in [2.05, 4.69) is 19.8 Å². The van der Waals surface area contributed by atoms with E-state index in [-0.39, 0.29) is 0 Å². The molecular weight excluding hydrogens is 228 g/mol. The van der Waals surface area contributed by atoms with Crippen LogP contribution in [0.4, 0.5) is 5.95 Å². The second-order valence-corrected chi connectivity index (χ2v) is 4.97. The number of piperazine rings is 1. The summed E-state index contributed by atoms with van der Waals surface area (Å²) in [5.41, 5.74) is 0. The molecule has 0 spiro atoms. The smallest absolute Gasteiger partial charge is 0.225 e. The van der Waals surface area contributed by atoms with Crippen LogP contribution in [0.3, 0.4) is 0 Å². The standard InChI is InChI=1S/C13H20N4O/c1-3-12(18-10-1)11-16-6-8-17(9-7-16)13-14-4-2-5-15-13/h2,4-5,12H,1,3,6-11H2/t12-/m0/s1. The summed E-state index contributed by atoms with van der Waals surface area (Å²) < 4.78 is 5.69. The number of anilines is 1. The number of ether oxygens (including phenoxy) is 1. The lowest BCUT2D eigenvalue weighted by Crippen LogP contribution is -2.49. The molecule has 0 bridgehead atoms. The van der Waals surface area contributed by atoms with Gasteiger partial charge >= 0.3 is 0 Å². The van der Waals surface area contributed by atoms with Gasteiger partial charge in [-0.3, -0.25) is 4.90 Å². The van der Waals surface area contributed by atoms with Crippen molar-refractivity contribution in [2.24, 2.45) is 0 Å². The van der Waals surface area contributed by atoms with Gasteiger partial charge in [-0.15, -0.1) is 0 Å². The van der Waals surface area contributed by atoms with E-state index < -0.39 is 0 Å². The monoisotopic (exact) mass is 248 g/mol. The number of hydrogen-bond acceptors (Lipinski definition) is 5. The van der Waals surface area contributed by atoms with Crippen molar-refractivity contribution in [1.29, 1.82) is 0 Å². The molecule has 0 amide bonds. The Kier molecular flexibility index (Phi) is 3.71. The predicted molar refractivity (Wildman–Crippen MR) is 69.7 cm³/mol. The Balaban J connectivity index is 1.49. The fraction of sp³-hybridized carbons (Fsp3) is 0.692. The Morgan fingerprint density at radius 1 is 1.17 bits per heavy atom. The molecule has 3 rings (SSSR count). The largest absolute Gasteiger partial charge is 0.377 e. The van der Waals surface area contributed by atoms with E-state index in [4.69, 9.17) is 4.74 Å². The van der Waals surface area contributed by atoms with Crippen molar-refractivity contribution in [1.82, 2.24) is 14.9 Å². The minimum Gasteiger partial charge on any atom is -0.377 e. The van der Waals surface area contributed by atoms with Gasteiger partial charge in [-0.2, -0.15) is 0 Å². The lowest BCUT2D eigenvalue weighted by molar-refractivity contribution is 0.0712. The second-order valence-electron chi connectivity index (χ2n) is 4.97. The van der Waals surface area contributed by atoms with E-state index >= 15 is 0 Å². The summed E-state index contributed by atoms with van der Waals surface area (Å²) in [6, 6.07) is 1.86. The predicted octanol–water partition coefficient (Wildman–Crippen LogP) is 0.778. The normalized spacial score (nSPS) is 25.6. The third-order valence-electron chi connectivity index (χ3n) is 3.69. The Labute approximate surface area is 108 Å².